The Morgan fingerprint density at radius 1 is 1.25 bits per heavy atom. The molecular formula is C10H12F3N3. The molecule has 1 aromatic heterocycles. The van der Waals surface area contributed by atoms with Gasteiger partial charge in [0.2, 0.25) is 0 Å². The van der Waals surface area contributed by atoms with Crippen LogP contribution < -0.4 is 10.4 Å². The Morgan fingerprint density at radius 2 is 2.06 bits per heavy atom. The first-order valence-electron chi connectivity index (χ1n) is 5.12. The van der Waals surface area contributed by atoms with E-state index in [2.05, 4.69) is 10.4 Å². The molecule has 0 aliphatic carbocycles. The van der Waals surface area contributed by atoms with Gasteiger partial charge in [-0.05, 0) is 25.0 Å². The number of rotatable bonds is 1. The van der Waals surface area contributed by atoms with Crippen LogP contribution in [0.2, 0.25) is 0 Å². The van der Waals surface area contributed by atoms with E-state index in [0.717, 1.165) is 38.2 Å². The molecule has 88 valence electrons. The third kappa shape index (κ3) is 2.44. The van der Waals surface area contributed by atoms with Gasteiger partial charge in [-0.2, -0.15) is 13.2 Å². The molecule has 0 unspecified atom stereocenters. The first-order chi connectivity index (χ1) is 7.57. The smallest absolute Gasteiger partial charge is 0.292 e. The second kappa shape index (κ2) is 4.29. The molecule has 0 aromatic carbocycles. The summed E-state index contributed by atoms with van der Waals surface area (Å²) in [5.74, 6) is 0.535. The van der Waals surface area contributed by atoms with Crippen molar-refractivity contribution in [2.24, 2.45) is 0 Å². The number of alkyl halides is 3. The van der Waals surface area contributed by atoms with Gasteiger partial charge in [-0.15, -0.1) is 0 Å². The molecule has 0 radical (unpaired) electrons. The van der Waals surface area contributed by atoms with Crippen LogP contribution in [0.15, 0.2) is 18.3 Å². The molecule has 16 heavy (non-hydrogen) atoms. The summed E-state index contributed by atoms with van der Waals surface area (Å²) in [6.07, 6.45) is -1.35. The fourth-order valence-corrected chi connectivity index (χ4v) is 1.60. The Labute approximate surface area is 91.2 Å². The predicted octanol–water partition coefficient (Wildman–Crippen LogP) is 2.21. The molecule has 1 aliphatic heterocycles. The van der Waals surface area contributed by atoms with Crippen molar-refractivity contribution < 1.29 is 13.2 Å². The highest BCUT2D eigenvalue weighted by atomic mass is 19.4. The van der Waals surface area contributed by atoms with Gasteiger partial charge in [0, 0.05) is 19.3 Å². The molecule has 0 spiro atoms. The summed E-state index contributed by atoms with van der Waals surface area (Å²) in [6, 6.07) is 2.44. The number of aromatic nitrogens is 1. The number of nitrogens with zero attached hydrogens (tertiary/aromatic N) is 2. The maximum atomic E-state index is 12.3. The van der Waals surface area contributed by atoms with E-state index in [9.17, 15) is 13.2 Å². The minimum absolute atomic E-state index is 0.535. The average Bonchev–Trinajstić information content (AvgIpc) is 2.29. The molecule has 1 saturated heterocycles. The van der Waals surface area contributed by atoms with Gasteiger partial charge in [-0.25, -0.2) is 10.4 Å². The van der Waals surface area contributed by atoms with Crippen LogP contribution in [0.3, 0.4) is 0 Å². The van der Waals surface area contributed by atoms with Crippen molar-refractivity contribution in [1.29, 1.82) is 0 Å². The van der Waals surface area contributed by atoms with E-state index in [1.807, 2.05) is 0 Å². The van der Waals surface area contributed by atoms with Crippen LogP contribution in [0.25, 0.3) is 0 Å². The Kier molecular flexibility index (Phi) is 3.00. The van der Waals surface area contributed by atoms with Crippen molar-refractivity contribution >= 4 is 5.82 Å². The summed E-state index contributed by atoms with van der Waals surface area (Å²) in [5.41, 5.74) is 2.37. The zero-order chi connectivity index (χ0) is 11.6. The number of anilines is 1. The zero-order valence-electron chi connectivity index (χ0n) is 8.59. The second-order valence-electron chi connectivity index (χ2n) is 3.67. The van der Waals surface area contributed by atoms with Crippen LogP contribution in [0.5, 0.6) is 0 Å². The summed E-state index contributed by atoms with van der Waals surface area (Å²) in [4.78, 5) is 3.81. The molecule has 2 rings (SSSR count). The van der Waals surface area contributed by atoms with Crippen molar-refractivity contribution in [2.75, 3.05) is 18.1 Å². The first kappa shape index (κ1) is 11.2. The summed E-state index contributed by atoms with van der Waals surface area (Å²) >= 11 is 0. The van der Waals surface area contributed by atoms with E-state index in [-0.39, 0.29) is 0 Å². The molecule has 1 fully saturated rings. The molecule has 1 aromatic rings. The Bertz CT molecular complexity index is 341. The van der Waals surface area contributed by atoms with Crippen molar-refractivity contribution in [1.82, 2.24) is 10.4 Å². The molecule has 0 saturated carbocycles. The molecule has 0 atom stereocenters. The van der Waals surface area contributed by atoms with Crippen LogP contribution in [0.1, 0.15) is 18.4 Å². The SMILES string of the molecule is FC(F)(F)c1ccc(N2CCCCN2)nc1. The lowest BCUT2D eigenvalue weighted by Gasteiger charge is -2.28. The van der Waals surface area contributed by atoms with E-state index >= 15 is 0 Å². The lowest BCUT2D eigenvalue weighted by Crippen LogP contribution is -2.43. The average molecular weight is 231 g/mol. The maximum Gasteiger partial charge on any atom is 0.417 e. The van der Waals surface area contributed by atoms with Gasteiger partial charge in [0.1, 0.15) is 5.82 Å². The monoisotopic (exact) mass is 231 g/mol. The van der Waals surface area contributed by atoms with Crippen LogP contribution in [-0.4, -0.2) is 18.1 Å². The van der Waals surface area contributed by atoms with Gasteiger partial charge in [-0.3, -0.25) is 5.01 Å². The van der Waals surface area contributed by atoms with Gasteiger partial charge in [-0.1, -0.05) is 0 Å². The molecule has 3 nitrogen and oxygen atoms in total. The lowest BCUT2D eigenvalue weighted by atomic mass is 10.2. The molecule has 1 aliphatic rings. The van der Waals surface area contributed by atoms with Crippen molar-refractivity contribution in [3.05, 3.63) is 23.9 Å². The van der Waals surface area contributed by atoms with E-state index in [4.69, 9.17) is 0 Å². The highest BCUT2D eigenvalue weighted by Crippen LogP contribution is 2.29. The Balaban J connectivity index is 2.12. The van der Waals surface area contributed by atoms with Crippen molar-refractivity contribution in [3.63, 3.8) is 0 Å². The number of pyridine rings is 1. The van der Waals surface area contributed by atoms with Crippen LogP contribution in [-0.2, 0) is 6.18 Å². The van der Waals surface area contributed by atoms with Crippen molar-refractivity contribution in [3.8, 4) is 0 Å². The summed E-state index contributed by atoms with van der Waals surface area (Å²) < 4.78 is 36.9. The highest BCUT2D eigenvalue weighted by molar-refractivity contribution is 5.38. The van der Waals surface area contributed by atoms with E-state index < -0.39 is 11.7 Å². The standard InChI is InChI=1S/C10H12F3N3/c11-10(12,13)8-3-4-9(14-7-8)16-6-2-1-5-15-16/h3-4,7,15H,1-2,5-6H2. The molecule has 1 N–H and O–H groups in total. The van der Waals surface area contributed by atoms with Crippen LogP contribution >= 0.6 is 0 Å². The number of hydrazine groups is 1. The molecule has 0 amide bonds. The highest BCUT2D eigenvalue weighted by Gasteiger charge is 2.30. The first-order valence-corrected chi connectivity index (χ1v) is 5.12. The normalized spacial score (nSPS) is 17.6. The number of hydrogen-bond acceptors (Lipinski definition) is 3. The van der Waals surface area contributed by atoms with E-state index in [1.54, 1.807) is 5.01 Å². The second-order valence-corrected chi connectivity index (χ2v) is 3.67. The fraction of sp³-hybridized carbons (Fsp3) is 0.500. The number of halogens is 3. The van der Waals surface area contributed by atoms with Crippen LogP contribution in [0, 0.1) is 0 Å². The van der Waals surface area contributed by atoms with E-state index in [0.29, 0.717) is 5.82 Å². The Morgan fingerprint density at radius 3 is 2.56 bits per heavy atom. The molecular weight excluding hydrogens is 219 g/mol. The van der Waals surface area contributed by atoms with Gasteiger partial charge >= 0.3 is 6.18 Å². The summed E-state index contributed by atoms with van der Waals surface area (Å²) in [7, 11) is 0. The van der Waals surface area contributed by atoms with Gasteiger partial charge in [0.15, 0.2) is 0 Å². The lowest BCUT2D eigenvalue weighted by molar-refractivity contribution is -0.137. The minimum atomic E-state index is -4.32. The molecule has 6 heteroatoms. The fourth-order valence-electron chi connectivity index (χ4n) is 1.60. The number of hydrogen-bond donors (Lipinski definition) is 1. The predicted molar refractivity (Wildman–Crippen MR) is 53.8 cm³/mol. The summed E-state index contributed by atoms with van der Waals surface area (Å²) in [5, 5.41) is 1.78. The summed E-state index contributed by atoms with van der Waals surface area (Å²) in [6.45, 7) is 1.61. The molecule has 2 heterocycles. The van der Waals surface area contributed by atoms with Gasteiger partial charge in [0.05, 0.1) is 5.56 Å². The van der Waals surface area contributed by atoms with Crippen molar-refractivity contribution in [2.45, 2.75) is 19.0 Å². The third-order valence-corrected chi connectivity index (χ3v) is 2.46. The maximum absolute atomic E-state index is 12.3. The third-order valence-electron chi connectivity index (χ3n) is 2.46. The topological polar surface area (TPSA) is 28.2 Å². The van der Waals surface area contributed by atoms with Gasteiger partial charge in [0.25, 0.3) is 0 Å². The van der Waals surface area contributed by atoms with Gasteiger partial charge < -0.3 is 0 Å². The Hall–Kier alpha value is -1.30. The number of nitrogens with one attached hydrogen (secondary N) is 1. The van der Waals surface area contributed by atoms with Crippen LogP contribution in [0.4, 0.5) is 19.0 Å². The zero-order valence-corrected chi connectivity index (χ0v) is 8.59. The quantitative estimate of drug-likeness (QED) is 0.803. The van der Waals surface area contributed by atoms with E-state index in [1.165, 1.54) is 6.07 Å². The molecule has 0 bridgehead atoms. The minimum Gasteiger partial charge on any atom is -0.292 e. The largest absolute Gasteiger partial charge is 0.417 e.